The van der Waals surface area contributed by atoms with Gasteiger partial charge in [0.15, 0.2) is 0 Å². The van der Waals surface area contributed by atoms with Gasteiger partial charge >= 0.3 is 0 Å². The van der Waals surface area contributed by atoms with Gasteiger partial charge in [0.1, 0.15) is 0 Å². The van der Waals surface area contributed by atoms with Crippen LogP contribution in [0.2, 0.25) is 0 Å². The molecule has 1 N–H and O–H groups in total. The summed E-state index contributed by atoms with van der Waals surface area (Å²) in [5, 5.41) is 12.0. The molecule has 0 spiro atoms. The first-order chi connectivity index (χ1) is 6.24. The molecule has 0 aliphatic heterocycles. The summed E-state index contributed by atoms with van der Waals surface area (Å²) in [5.41, 5.74) is 1.65. The number of nitrogens with one attached hydrogen (secondary N) is 1. The highest BCUT2D eigenvalue weighted by Crippen LogP contribution is 2.04. The van der Waals surface area contributed by atoms with Crippen LogP contribution in [-0.4, -0.2) is 11.0 Å². The molecule has 0 radical (unpaired) electrons. The van der Waals surface area contributed by atoms with Crippen LogP contribution in [0, 0.1) is 11.3 Å². The van der Waals surface area contributed by atoms with E-state index in [4.69, 9.17) is 5.26 Å². The lowest BCUT2D eigenvalue weighted by molar-refractivity contribution is 0.587. The minimum atomic E-state index is 0.423. The molecule has 1 rings (SSSR count). The van der Waals surface area contributed by atoms with Crippen molar-refractivity contribution in [3.63, 3.8) is 0 Å². The predicted molar refractivity (Wildman–Crippen MR) is 50.9 cm³/mol. The Morgan fingerprint density at radius 2 is 2.38 bits per heavy atom. The van der Waals surface area contributed by atoms with Crippen LogP contribution in [0.25, 0.3) is 0 Å². The van der Waals surface area contributed by atoms with Crippen molar-refractivity contribution >= 4 is 0 Å². The topological polar surface area (TPSA) is 48.7 Å². The summed E-state index contributed by atoms with van der Waals surface area (Å²) in [6.07, 6.45) is 3.37. The van der Waals surface area contributed by atoms with E-state index in [1.165, 1.54) is 0 Å². The third-order valence-corrected chi connectivity index (χ3v) is 1.72. The molecule has 0 atom stereocenters. The molecule has 13 heavy (non-hydrogen) atoms. The van der Waals surface area contributed by atoms with E-state index in [1.54, 1.807) is 18.5 Å². The highest BCUT2D eigenvalue weighted by Gasteiger charge is 2.01. The first-order valence-corrected chi connectivity index (χ1v) is 4.30. The van der Waals surface area contributed by atoms with Gasteiger partial charge in [-0.1, -0.05) is 13.8 Å². The molecule has 0 bridgehead atoms. The van der Waals surface area contributed by atoms with Crippen molar-refractivity contribution in [3.8, 4) is 6.07 Å². The third-order valence-electron chi connectivity index (χ3n) is 1.72. The molecular weight excluding hydrogens is 162 g/mol. The second kappa shape index (κ2) is 4.58. The average Bonchev–Trinajstić information content (AvgIpc) is 2.15. The van der Waals surface area contributed by atoms with Crippen LogP contribution in [0.5, 0.6) is 0 Å². The molecule has 3 nitrogen and oxygen atoms in total. The number of hydrogen-bond acceptors (Lipinski definition) is 3. The summed E-state index contributed by atoms with van der Waals surface area (Å²) < 4.78 is 0. The Morgan fingerprint density at radius 1 is 1.62 bits per heavy atom. The van der Waals surface area contributed by atoms with Crippen LogP contribution >= 0.6 is 0 Å². The maximum atomic E-state index is 8.78. The molecule has 0 saturated carbocycles. The normalized spacial score (nSPS) is 10.0. The lowest BCUT2D eigenvalue weighted by Gasteiger charge is -2.08. The number of nitrogens with zero attached hydrogens (tertiary/aromatic N) is 2. The van der Waals surface area contributed by atoms with Gasteiger partial charge in [0.2, 0.25) is 0 Å². The fourth-order valence-electron chi connectivity index (χ4n) is 0.991. The maximum absolute atomic E-state index is 8.78. The molecule has 0 aliphatic rings. The minimum Gasteiger partial charge on any atom is -0.310 e. The molecule has 3 heteroatoms. The standard InChI is InChI=1S/C10H13N3/c1-8(2)13-7-10-6-12-4-3-9(10)5-11/h3-4,6,8,13H,7H2,1-2H3. The fourth-order valence-corrected chi connectivity index (χ4v) is 0.991. The quantitative estimate of drug-likeness (QED) is 0.756. The van der Waals surface area contributed by atoms with E-state index in [1.807, 2.05) is 0 Å². The number of pyridine rings is 1. The molecule has 0 amide bonds. The van der Waals surface area contributed by atoms with Gasteiger partial charge in [0.25, 0.3) is 0 Å². The van der Waals surface area contributed by atoms with Gasteiger partial charge in [0, 0.05) is 30.5 Å². The zero-order valence-corrected chi connectivity index (χ0v) is 7.91. The van der Waals surface area contributed by atoms with Crippen LogP contribution in [0.15, 0.2) is 18.5 Å². The average molecular weight is 175 g/mol. The summed E-state index contributed by atoms with van der Waals surface area (Å²) in [6.45, 7) is 4.85. The van der Waals surface area contributed by atoms with Crippen molar-refractivity contribution in [2.45, 2.75) is 26.4 Å². The lowest BCUT2D eigenvalue weighted by atomic mass is 10.1. The number of aromatic nitrogens is 1. The van der Waals surface area contributed by atoms with Crippen LogP contribution < -0.4 is 5.32 Å². The van der Waals surface area contributed by atoms with Crippen LogP contribution in [0.1, 0.15) is 25.0 Å². The summed E-state index contributed by atoms with van der Waals surface area (Å²) in [4.78, 5) is 3.98. The molecule has 68 valence electrons. The highest BCUT2D eigenvalue weighted by molar-refractivity contribution is 5.34. The van der Waals surface area contributed by atoms with Crippen molar-refractivity contribution in [1.29, 1.82) is 5.26 Å². The van der Waals surface area contributed by atoms with E-state index in [9.17, 15) is 0 Å². The predicted octanol–water partition coefficient (Wildman–Crippen LogP) is 1.45. The molecule has 1 heterocycles. The van der Waals surface area contributed by atoms with Crippen LogP contribution in [0.4, 0.5) is 0 Å². The van der Waals surface area contributed by atoms with Gasteiger partial charge in [-0.3, -0.25) is 4.98 Å². The van der Waals surface area contributed by atoms with Gasteiger partial charge in [-0.2, -0.15) is 5.26 Å². The van der Waals surface area contributed by atoms with Gasteiger partial charge in [0.05, 0.1) is 11.6 Å². The zero-order valence-electron chi connectivity index (χ0n) is 7.91. The molecule has 0 aromatic carbocycles. The summed E-state index contributed by atoms with van der Waals surface area (Å²) in [7, 11) is 0. The maximum Gasteiger partial charge on any atom is 0.0996 e. The number of rotatable bonds is 3. The Morgan fingerprint density at radius 3 is 3.00 bits per heavy atom. The third kappa shape index (κ3) is 2.85. The van der Waals surface area contributed by atoms with E-state index in [0.29, 0.717) is 18.2 Å². The van der Waals surface area contributed by atoms with Crippen LogP contribution in [-0.2, 0) is 6.54 Å². The van der Waals surface area contributed by atoms with Crippen molar-refractivity contribution in [3.05, 3.63) is 29.6 Å². The fraction of sp³-hybridized carbons (Fsp3) is 0.400. The second-order valence-electron chi connectivity index (χ2n) is 3.18. The van der Waals surface area contributed by atoms with E-state index >= 15 is 0 Å². The highest BCUT2D eigenvalue weighted by atomic mass is 14.9. The van der Waals surface area contributed by atoms with Crippen molar-refractivity contribution in [2.24, 2.45) is 0 Å². The summed E-state index contributed by atoms with van der Waals surface area (Å²) in [5.74, 6) is 0. The monoisotopic (exact) mass is 175 g/mol. The van der Waals surface area contributed by atoms with Crippen molar-refractivity contribution in [1.82, 2.24) is 10.3 Å². The van der Waals surface area contributed by atoms with Crippen molar-refractivity contribution < 1.29 is 0 Å². The van der Waals surface area contributed by atoms with Gasteiger partial charge in [-0.15, -0.1) is 0 Å². The molecule has 1 aromatic rings. The molecule has 0 aliphatic carbocycles. The van der Waals surface area contributed by atoms with E-state index in [-0.39, 0.29) is 0 Å². The SMILES string of the molecule is CC(C)NCc1cnccc1C#N. The number of hydrogen-bond donors (Lipinski definition) is 1. The Kier molecular flexibility index (Phi) is 3.41. The van der Waals surface area contributed by atoms with Crippen LogP contribution in [0.3, 0.4) is 0 Å². The van der Waals surface area contributed by atoms with Gasteiger partial charge < -0.3 is 5.32 Å². The molecule has 1 aromatic heterocycles. The van der Waals surface area contributed by atoms with Gasteiger partial charge in [-0.25, -0.2) is 0 Å². The Bertz CT molecular complexity index is 312. The second-order valence-corrected chi connectivity index (χ2v) is 3.18. The van der Waals surface area contributed by atoms with E-state index in [0.717, 1.165) is 5.56 Å². The van der Waals surface area contributed by atoms with E-state index in [2.05, 4.69) is 30.2 Å². The summed E-state index contributed by atoms with van der Waals surface area (Å²) >= 11 is 0. The lowest BCUT2D eigenvalue weighted by Crippen LogP contribution is -2.22. The van der Waals surface area contributed by atoms with E-state index < -0.39 is 0 Å². The Labute approximate surface area is 78.4 Å². The molecule has 0 saturated heterocycles. The molecule has 0 fully saturated rings. The first kappa shape index (κ1) is 9.69. The Balaban J connectivity index is 2.71. The Hall–Kier alpha value is -1.40. The largest absolute Gasteiger partial charge is 0.310 e. The van der Waals surface area contributed by atoms with Gasteiger partial charge in [-0.05, 0) is 6.07 Å². The summed E-state index contributed by atoms with van der Waals surface area (Å²) in [6, 6.07) is 4.30. The molecular formula is C10H13N3. The molecule has 0 unspecified atom stereocenters. The first-order valence-electron chi connectivity index (χ1n) is 4.30. The zero-order chi connectivity index (χ0) is 9.68. The smallest absolute Gasteiger partial charge is 0.0996 e. The van der Waals surface area contributed by atoms with Crippen molar-refractivity contribution in [2.75, 3.05) is 0 Å². The minimum absolute atomic E-state index is 0.423. The number of nitriles is 1.